The molecule has 3 nitrogen and oxygen atoms in total. The van der Waals surface area contributed by atoms with E-state index in [0.717, 1.165) is 26.1 Å². The Morgan fingerprint density at radius 3 is 1.71 bits per heavy atom. The molecule has 0 aliphatic carbocycles. The maximum Gasteiger partial charge on any atom is 0.0823 e. The second-order valence-corrected chi connectivity index (χ2v) is 3.85. The number of likely N-dealkylation sites (tertiary alicyclic amines) is 1. The van der Waals surface area contributed by atoms with Crippen LogP contribution < -0.4 is 0 Å². The quantitative estimate of drug-likeness (QED) is 0.607. The molecule has 0 unspecified atom stereocenters. The zero-order chi connectivity index (χ0) is 10.1. The van der Waals surface area contributed by atoms with Gasteiger partial charge in [-0.3, -0.25) is 0 Å². The first-order valence-electron chi connectivity index (χ1n) is 5.90. The molecule has 2 heterocycles. The highest BCUT2D eigenvalue weighted by Crippen LogP contribution is 2.06. The van der Waals surface area contributed by atoms with Crippen LogP contribution in [-0.4, -0.2) is 37.7 Å². The van der Waals surface area contributed by atoms with Crippen molar-refractivity contribution in [2.45, 2.75) is 39.0 Å². The van der Waals surface area contributed by atoms with Gasteiger partial charge in [0.15, 0.2) is 0 Å². The molecule has 14 heavy (non-hydrogen) atoms. The maximum atomic E-state index is 4.57. The minimum Gasteiger partial charge on any atom is -0.304 e. The van der Waals surface area contributed by atoms with Crippen molar-refractivity contribution in [2.24, 2.45) is 0 Å². The lowest BCUT2D eigenvalue weighted by Crippen LogP contribution is -2.29. The van der Waals surface area contributed by atoms with Gasteiger partial charge >= 0.3 is 0 Å². The van der Waals surface area contributed by atoms with Crippen LogP contribution in [0.5, 0.6) is 0 Å². The van der Waals surface area contributed by atoms with Gasteiger partial charge in [-0.15, -0.1) is 0 Å². The van der Waals surface area contributed by atoms with Crippen molar-refractivity contribution < 1.29 is 9.78 Å². The van der Waals surface area contributed by atoms with Crippen molar-refractivity contribution in [3.8, 4) is 0 Å². The molecule has 0 saturated carbocycles. The van der Waals surface area contributed by atoms with Gasteiger partial charge in [-0.2, -0.15) is 0 Å². The van der Waals surface area contributed by atoms with E-state index in [9.17, 15) is 0 Å². The van der Waals surface area contributed by atoms with E-state index < -0.39 is 0 Å². The molecule has 0 atom stereocenters. The topological polar surface area (TPSA) is 21.7 Å². The van der Waals surface area contributed by atoms with E-state index in [1.54, 1.807) is 0 Å². The lowest BCUT2D eigenvalue weighted by molar-refractivity contribution is -0.312. The molecule has 2 saturated heterocycles. The summed E-state index contributed by atoms with van der Waals surface area (Å²) in [5.41, 5.74) is 0. The van der Waals surface area contributed by atoms with Gasteiger partial charge in [-0.25, -0.2) is 9.78 Å². The standard InChI is InChI=1S/C7H15N.C4H8O2/c1-2-8-6-4-3-5-7-8;1-2-4-6-5-3-1/h2-7H2,1H3;1-4H2. The Hall–Kier alpha value is -0.120. The molecular weight excluding hydrogens is 178 g/mol. The minimum atomic E-state index is 0.778. The van der Waals surface area contributed by atoms with E-state index in [0.29, 0.717) is 0 Å². The summed E-state index contributed by atoms with van der Waals surface area (Å²) in [4.78, 5) is 11.7. The summed E-state index contributed by atoms with van der Waals surface area (Å²) >= 11 is 0. The summed E-state index contributed by atoms with van der Waals surface area (Å²) in [6.45, 7) is 7.73. The smallest absolute Gasteiger partial charge is 0.0823 e. The zero-order valence-corrected chi connectivity index (χ0v) is 9.33. The van der Waals surface area contributed by atoms with Crippen LogP contribution in [0.25, 0.3) is 0 Å². The molecule has 2 aliphatic heterocycles. The fourth-order valence-electron chi connectivity index (χ4n) is 1.72. The second-order valence-electron chi connectivity index (χ2n) is 3.85. The number of rotatable bonds is 1. The predicted molar refractivity (Wildman–Crippen MR) is 57.1 cm³/mol. The Balaban J connectivity index is 0.000000146. The molecule has 0 bridgehead atoms. The van der Waals surface area contributed by atoms with E-state index in [4.69, 9.17) is 0 Å². The third-order valence-corrected chi connectivity index (χ3v) is 2.68. The van der Waals surface area contributed by atoms with Crippen LogP contribution in [-0.2, 0) is 9.78 Å². The molecule has 0 aromatic rings. The molecule has 3 heteroatoms. The lowest BCUT2D eigenvalue weighted by Gasteiger charge is -2.24. The average molecular weight is 201 g/mol. The Labute approximate surface area is 87.3 Å². The number of hydrogen-bond acceptors (Lipinski definition) is 3. The normalized spacial score (nSPS) is 23.8. The first kappa shape index (κ1) is 12.0. The van der Waals surface area contributed by atoms with Gasteiger partial charge in [0.1, 0.15) is 0 Å². The van der Waals surface area contributed by atoms with Crippen LogP contribution in [0.3, 0.4) is 0 Å². The van der Waals surface area contributed by atoms with E-state index in [1.807, 2.05) is 0 Å². The molecule has 0 aromatic carbocycles. The van der Waals surface area contributed by atoms with Gasteiger partial charge in [0.05, 0.1) is 13.2 Å². The third-order valence-electron chi connectivity index (χ3n) is 2.68. The first-order chi connectivity index (χ1) is 6.93. The van der Waals surface area contributed by atoms with Crippen LogP contribution in [0.2, 0.25) is 0 Å². The van der Waals surface area contributed by atoms with Crippen molar-refractivity contribution in [3.63, 3.8) is 0 Å². The van der Waals surface area contributed by atoms with Crippen LogP contribution in [0.1, 0.15) is 39.0 Å². The molecule has 84 valence electrons. The van der Waals surface area contributed by atoms with Crippen molar-refractivity contribution in [3.05, 3.63) is 0 Å². The average Bonchev–Trinajstić information content (AvgIpc) is 2.33. The zero-order valence-electron chi connectivity index (χ0n) is 9.33. The van der Waals surface area contributed by atoms with Crippen molar-refractivity contribution in [1.82, 2.24) is 4.90 Å². The SMILES string of the molecule is C1CCOOC1.CCN1CCCCC1. The number of nitrogens with zero attached hydrogens (tertiary/aromatic N) is 1. The number of hydrogen-bond donors (Lipinski definition) is 0. The highest BCUT2D eigenvalue weighted by atomic mass is 17.2. The van der Waals surface area contributed by atoms with Gasteiger partial charge in [0.25, 0.3) is 0 Å². The molecule has 0 radical (unpaired) electrons. The summed E-state index contributed by atoms with van der Waals surface area (Å²) in [6, 6.07) is 0. The summed E-state index contributed by atoms with van der Waals surface area (Å²) in [5, 5.41) is 0. The molecule has 0 amide bonds. The Morgan fingerprint density at radius 2 is 1.43 bits per heavy atom. The molecular formula is C11H23NO2. The van der Waals surface area contributed by atoms with E-state index in [2.05, 4.69) is 21.6 Å². The molecule has 2 aliphatic rings. The largest absolute Gasteiger partial charge is 0.304 e. The Bertz CT molecular complexity index is 109. The molecule has 2 fully saturated rings. The van der Waals surface area contributed by atoms with Crippen LogP contribution >= 0.6 is 0 Å². The van der Waals surface area contributed by atoms with Gasteiger partial charge < -0.3 is 4.90 Å². The Kier molecular flexibility index (Phi) is 7.01. The Morgan fingerprint density at radius 1 is 0.857 bits per heavy atom. The predicted octanol–water partition coefficient (Wildman–Crippen LogP) is 2.22. The van der Waals surface area contributed by atoms with Crippen LogP contribution in [0, 0.1) is 0 Å². The van der Waals surface area contributed by atoms with Crippen LogP contribution in [0.15, 0.2) is 0 Å². The van der Waals surface area contributed by atoms with Gasteiger partial charge in [0, 0.05) is 0 Å². The van der Waals surface area contributed by atoms with Gasteiger partial charge in [-0.1, -0.05) is 13.3 Å². The van der Waals surface area contributed by atoms with Crippen molar-refractivity contribution in [2.75, 3.05) is 32.8 Å². The highest BCUT2D eigenvalue weighted by Gasteiger charge is 2.05. The fraction of sp³-hybridized carbons (Fsp3) is 1.00. The maximum absolute atomic E-state index is 4.57. The van der Waals surface area contributed by atoms with E-state index in [-0.39, 0.29) is 0 Å². The second kappa shape index (κ2) is 8.21. The lowest BCUT2D eigenvalue weighted by atomic mass is 10.1. The summed E-state index contributed by atoms with van der Waals surface area (Å²) in [7, 11) is 0. The van der Waals surface area contributed by atoms with Crippen molar-refractivity contribution in [1.29, 1.82) is 0 Å². The monoisotopic (exact) mass is 201 g/mol. The number of piperidine rings is 1. The molecule has 0 N–H and O–H groups in total. The first-order valence-corrected chi connectivity index (χ1v) is 5.90. The minimum absolute atomic E-state index is 0.778. The van der Waals surface area contributed by atoms with E-state index in [1.165, 1.54) is 38.9 Å². The molecule has 2 rings (SSSR count). The van der Waals surface area contributed by atoms with E-state index >= 15 is 0 Å². The summed E-state index contributed by atoms with van der Waals surface area (Å²) < 4.78 is 0. The third kappa shape index (κ3) is 5.58. The van der Waals surface area contributed by atoms with Crippen molar-refractivity contribution >= 4 is 0 Å². The molecule has 0 aromatic heterocycles. The van der Waals surface area contributed by atoms with Crippen LogP contribution in [0.4, 0.5) is 0 Å². The van der Waals surface area contributed by atoms with Gasteiger partial charge in [0.2, 0.25) is 0 Å². The summed E-state index contributed by atoms with van der Waals surface area (Å²) in [6.07, 6.45) is 6.61. The van der Waals surface area contributed by atoms with Gasteiger partial charge in [-0.05, 0) is 45.3 Å². The molecule has 0 spiro atoms. The fourth-order valence-corrected chi connectivity index (χ4v) is 1.72. The summed E-state index contributed by atoms with van der Waals surface area (Å²) in [5.74, 6) is 0. The highest BCUT2D eigenvalue weighted by molar-refractivity contribution is 4.61.